The van der Waals surface area contributed by atoms with Gasteiger partial charge in [0.2, 0.25) is 0 Å². The highest BCUT2D eigenvalue weighted by molar-refractivity contribution is 5.19. The van der Waals surface area contributed by atoms with Crippen LogP contribution in [0, 0.1) is 9.81 Å². The highest BCUT2D eigenvalue weighted by Gasteiger charge is 2.24. The van der Waals surface area contributed by atoms with Crippen LogP contribution in [0.4, 0.5) is 0 Å². The van der Waals surface area contributed by atoms with Crippen LogP contribution >= 0.6 is 0 Å². The summed E-state index contributed by atoms with van der Waals surface area (Å²) in [6.45, 7) is 0. The standard InChI is InChI=1S/C16H16N2O2/c19-17-15(11-13-7-3-1-4-8-13)16(18-20)12-14-9-5-2-6-10-14/h1-10,15-16H,11-12H2. The van der Waals surface area contributed by atoms with E-state index < -0.39 is 12.1 Å². The number of hydrogen-bond donors (Lipinski definition) is 0. The molecule has 0 aliphatic heterocycles. The van der Waals surface area contributed by atoms with Gasteiger partial charge in [-0.2, -0.15) is 9.81 Å². The van der Waals surface area contributed by atoms with Crippen LogP contribution in [-0.4, -0.2) is 12.1 Å². The van der Waals surface area contributed by atoms with Crippen LogP contribution in [0.15, 0.2) is 71.0 Å². The van der Waals surface area contributed by atoms with E-state index in [2.05, 4.69) is 10.4 Å². The van der Waals surface area contributed by atoms with E-state index in [4.69, 9.17) is 0 Å². The maximum absolute atomic E-state index is 11.1. The summed E-state index contributed by atoms with van der Waals surface area (Å²) in [4.78, 5) is 22.1. The van der Waals surface area contributed by atoms with Gasteiger partial charge in [0, 0.05) is 12.8 Å². The Kier molecular flexibility index (Phi) is 5.12. The zero-order valence-corrected chi connectivity index (χ0v) is 11.1. The van der Waals surface area contributed by atoms with Gasteiger partial charge in [-0.1, -0.05) is 71.0 Å². The maximum atomic E-state index is 11.1. The molecule has 4 nitrogen and oxygen atoms in total. The first kappa shape index (κ1) is 14.1. The third kappa shape index (κ3) is 3.82. The Hall–Kier alpha value is -2.36. The van der Waals surface area contributed by atoms with E-state index in [1.54, 1.807) is 0 Å². The first-order chi connectivity index (χ1) is 9.83. The van der Waals surface area contributed by atoms with Crippen molar-refractivity contribution < 1.29 is 0 Å². The van der Waals surface area contributed by atoms with E-state index in [-0.39, 0.29) is 0 Å². The second-order valence-electron chi connectivity index (χ2n) is 4.72. The Bertz CT molecular complexity index is 491. The van der Waals surface area contributed by atoms with Crippen molar-refractivity contribution in [1.29, 1.82) is 0 Å². The number of hydrogen-bond acceptors (Lipinski definition) is 4. The fraction of sp³-hybridized carbons (Fsp3) is 0.250. The van der Waals surface area contributed by atoms with Crippen molar-refractivity contribution in [1.82, 2.24) is 0 Å². The van der Waals surface area contributed by atoms with Gasteiger partial charge < -0.3 is 0 Å². The summed E-state index contributed by atoms with van der Waals surface area (Å²) in [5, 5.41) is 6.21. The van der Waals surface area contributed by atoms with Crippen molar-refractivity contribution in [2.75, 3.05) is 0 Å². The highest BCUT2D eigenvalue weighted by atomic mass is 16.3. The molecule has 0 saturated heterocycles. The van der Waals surface area contributed by atoms with Crippen molar-refractivity contribution in [3.05, 3.63) is 81.6 Å². The van der Waals surface area contributed by atoms with Gasteiger partial charge in [0.25, 0.3) is 0 Å². The van der Waals surface area contributed by atoms with Crippen LogP contribution in [0.3, 0.4) is 0 Å². The molecule has 0 heterocycles. The molecule has 0 radical (unpaired) electrons. The van der Waals surface area contributed by atoms with Gasteiger partial charge in [0.1, 0.15) is 12.1 Å². The third-order valence-corrected chi connectivity index (χ3v) is 3.29. The quantitative estimate of drug-likeness (QED) is 0.718. The molecule has 2 atom stereocenters. The van der Waals surface area contributed by atoms with Gasteiger partial charge in [-0.05, 0) is 11.1 Å². The lowest BCUT2D eigenvalue weighted by Gasteiger charge is -2.15. The smallest absolute Gasteiger partial charge is 0.122 e. The Morgan fingerprint density at radius 1 is 0.650 bits per heavy atom. The molecule has 0 aliphatic carbocycles. The Balaban J connectivity index is 2.08. The Morgan fingerprint density at radius 3 is 1.30 bits per heavy atom. The molecule has 2 aromatic rings. The maximum Gasteiger partial charge on any atom is 0.122 e. The van der Waals surface area contributed by atoms with E-state index in [1.807, 2.05) is 60.7 Å². The van der Waals surface area contributed by atoms with E-state index in [0.29, 0.717) is 12.8 Å². The molecule has 0 bridgehead atoms. The van der Waals surface area contributed by atoms with E-state index >= 15 is 0 Å². The average molecular weight is 268 g/mol. The lowest BCUT2D eigenvalue weighted by molar-refractivity contribution is 0.518. The molecule has 0 N–H and O–H groups in total. The van der Waals surface area contributed by atoms with Crippen molar-refractivity contribution in [2.24, 2.45) is 10.4 Å². The molecule has 20 heavy (non-hydrogen) atoms. The summed E-state index contributed by atoms with van der Waals surface area (Å²) in [5.41, 5.74) is 1.97. The molecule has 0 aliphatic rings. The lowest BCUT2D eigenvalue weighted by atomic mass is 9.95. The molecule has 2 aromatic carbocycles. The first-order valence-corrected chi connectivity index (χ1v) is 6.56. The van der Waals surface area contributed by atoms with Crippen molar-refractivity contribution >= 4 is 0 Å². The van der Waals surface area contributed by atoms with Crippen LogP contribution < -0.4 is 0 Å². The summed E-state index contributed by atoms with van der Waals surface area (Å²) in [5.74, 6) is 0. The normalized spacial score (nSPS) is 13.4. The molecule has 0 fully saturated rings. The zero-order valence-electron chi connectivity index (χ0n) is 11.1. The Labute approximate surface area is 117 Å². The number of benzene rings is 2. The predicted molar refractivity (Wildman–Crippen MR) is 79.5 cm³/mol. The second kappa shape index (κ2) is 7.28. The summed E-state index contributed by atoms with van der Waals surface area (Å²) in [7, 11) is 0. The number of nitrogens with zero attached hydrogens (tertiary/aromatic N) is 2. The number of rotatable bonds is 7. The molecular weight excluding hydrogens is 252 g/mol. The lowest BCUT2D eigenvalue weighted by Crippen LogP contribution is -2.26. The van der Waals surface area contributed by atoms with E-state index in [9.17, 15) is 9.81 Å². The van der Waals surface area contributed by atoms with Crippen LogP contribution in [0.1, 0.15) is 11.1 Å². The molecule has 102 valence electrons. The number of nitroso groups, excluding NO2 is 2. The van der Waals surface area contributed by atoms with Crippen molar-refractivity contribution in [3.8, 4) is 0 Å². The van der Waals surface area contributed by atoms with Gasteiger partial charge in [-0.3, -0.25) is 0 Å². The van der Waals surface area contributed by atoms with Gasteiger partial charge in [0.15, 0.2) is 0 Å². The molecule has 0 amide bonds. The molecular formula is C16H16N2O2. The van der Waals surface area contributed by atoms with E-state index in [0.717, 1.165) is 11.1 Å². The minimum Gasteiger partial charge on any atom is -0.150 e. The summed E-state index contributed by atoms with van der Waals surface area (Å²) >= 11 is 0. The zero-order chi connectivity index (χ0) is 14.2. The molecule has 4 heteroatoms. The minimum atomic E-state index is -0.630. The molecule has 0 saturated carbocycles. The monoisotopic (exact) mass is 268 g/mol. The summed E-state index contributed by atoms with van der Waals surface area (Å²) in [6.07, 6.45) is 0.876. The molecule has 2 rings (SSSR count). The summed E-state index contributed by atoms with van der Waals surface area (Å²) in [6, 6.07) is 17.8. The molecule has 0 aromatic heterocycles. The van der Waals surface area contributed by atoms with Crippen LogP contribution in [-0.2, 0) is 12.8 Å². The largest absolute Gasteiger partial charge is 0.150 e. The fourth-order valence-corrected chi connectivity index (χ4v) is 2.20. The first-order valence-electron chi connectivity index (χ1n) is 6.56. The average Bonchev–Trinajstić information content (AvgIpc) is 2.52. The topological polar surface area (TPSA) is 58.9 Å². The third-order valence-electron chi connectivity index (χ3n) is 3.29. The fourth-order valence-electron chi connectivity index (χ4n) is 2.20. The van der Waals surface area contributed by atoms with Gasteiger partial charge >= 0.3 is 0 Å². The predicted octanol–water partition coefficient (Wildman–Crippen LogP) is 3.74. The van der Waals surface area contributed by atoms with Gasteiger partial charge in [0.05, 0.1) is 0 Å². The van der Waals surface area contributed by atoms with Crippen LogP contribution in [0.25, 0.3) is 0 Å². The molecule has 0 spiro atoms. The molecule has 2 unspecified atom stereocenters. The minimum absolute atomic E-state index is 0.438. The van der Waals surface area contributed by atoms with Crippen LogP contribution in [0.2, 0.25) is 0 Å². The second-order valence-corrected chi connectivity index (χ2v) is 4.72. The summed E-state index contributed by atoms with van der Waals surface area (Å²) < 4.78 is 0. The van der Waals surface area contributed by atoms with Gasteiger partial charge in [-0.25, -0.2) is 0 Å². The van der Waals surface area contributed by atoms with E-state index in [1.165, 1.54) is 0 Å². The van der Waals surface area contributed by atoms with Crippen molar-refractivity contribution in [3.63, 3.8) is 0 Å². The Morgan fingerprint density at radius 2 is 1.00 bits per heavy atom. The van der Waals surface area contributed by atoms with Crippen LogP contribution in [0.5, 0.6) is 0 Å². The van der Waals surface area contributed by atoms with Crippen molar-refractivity contribution in [2.45, 2.75) is 24.9 Å². The highest BCUT2D eigenvalue weighted by Crippen LogP contribution is 2.16. The SMILES string of the molecule is O=NC(Cc1ccccc1)C(Cc1ccccc1)N=O. The van der Waals surface area contributed by atoms with Gasteiger partial charge in [-0.15, -0.1) is 0 Å².